The van der Waals surface area contributed by atoms with Gasteiger partial charge in [0.1, 0.15) is 4.90 Å². The van der Waals surface area contributed by atoms with Gasteiger partial charge in [0, 0.05) is 11.9 Å². The predicted octanol–water partition coefficient (Wildman–Crippen LogP) is 1.89. The lowest BCUT2D eigenvalue weighted by molar-refractivity contribution is 0.225. The van der Waals surface area contributed by atoms with Gasteiger partial charge in [0.15, 0.2) is 9.84 Å². The van der Waals surface area contributed by atoms with Crippen LogP contribution in [0, 0.1) is 13.8 Å². The average Bonchev–Trinajstić information content (AvgIpc) is 1.96. The van der Waals surface area contributed by atoms with Crippen LogP contribution in [0.3, 0.4) is 0 Å². The van der Waals surface area contributed by atoms with Crippen LogP contribution in [-0.2, 0) is 9.84 Å². The quantitative estimate of drug-likeness (QED) is 0.813. The van der Waals surface area contributed by atoms with Crippen molar-refractivity contribution in [1.29, 1.82) is 0 Å². The molecule has 1 aromatic heterocycles. The molecule has 0 N–H and O–H groups in total. The molecule has 0 radical (unpaired) electrons. The third kappa shape index (κ3) is 2.95. The van der Waals surface area contributed by atoms with Crippen molar-refractivity contribution in [2.75, 3.05) is 6.26 Å². The molecule has 4 nitrogen and oxygen atoms in total. The van der Waals surface area contributed by atoms with Crippen LogP contribution in [0.25, 0.3) is 0 Å². The fourth-order valence-corrected chi connectivity index (χ4v) is 2.60. The average molecular weight is 243 g/mol. The Morgan fingerprint density at radius 1 is 1.31 bits per heavy atom. The van der Waals surface area contributed by atoms with Gasteiger partial charge in [-0.15, -0.1) is 0 Å². The molecule has 0 spiro atoms. The van der Waals surface area contributed by atoms with Gasteiger partial charge in [-0.3, -0.25) is 0 Å². The fraction of sp³-hybridized carbons (Fsp3) is 0.545. The summed E-state index contributed by atoms with van der Waals surface area (Å²) in [5.41, 5.74) is 1.42. The lowest BCUT2D eigenvalue weighted by Gasteiger charge is -2.14. The molecule has 0 unspecified atom stereocenters. The van der Waals surface area contributed by atoms with Crippen molar-refractivity contribution in [1.82, 2.24) is 4.98 Å². The second kappa shape index (κ2) is 4.41. The first-order valence-corrected chi connectivity index (χ1v) is 6.96. The first-order valence-electron chi connectivity index (χ1n) is 5.06. The standard InChI is InChI=1S/C11H17NO3S/c1-7(2)15-11-10(16(5,13)14)8(3)6-9(4)12-11/h6-7H,1-5H3. The van der Waals surface area contributed by atoms with Crippen LogP contribution >= 0.6 is 0 Å². The number of aromatic nitrogens is 1. The molecule has 1 rings (SSSR count). The maximum Gasteiger partial charge on any atom is 0.233 e. The second-order valence-electron chi connectivity index (χ2n) is 4.15. The van der Waals surface area contributed by atoms with Gasteiger partial charge in [-0.1, -0.05) is 0 Å². The van der Waals surface area contributed by atoms with E-state index in [1.807, 2.05) is 20.8 Å². The number of hydrogen-bond donors (Lipinski definition) is 0. The minimum absolute atomic E-state index is 0.103. The van der Waals surface area contributed by atoms with Gasteiger partial charge in [-0.25, -0.2) is 13.4 Å². The van der Waals surface area contributed by atoms with Gasteiger partial charge >= 0.3 is 0 Å². The zero-order valence-corrected chi connectivity index (χ0v) is 11.1. The molecular weight excluding hydrogens is 226 g/mol. The number of aryl methyl sites for hydroxylation is 2. The van der Waals surface area contributed by atoms with Crippen molar-refractivity contribution in [3.05, 3.63) is 17.3 Å². The molecule has 0 amide bonds. The summed E-state index contributed by atoms with van der Waals surface area (Å²) in [5.74, 6) is 0.204. The molecule has 0 atom stereocenters. The summed E-state index contributed by atoms with van der Waals surface area (Å²) in [5, 5.41) is 0. The van der Waals surface area contributed by atoms with Crippen LogP contribution in [0.5, 0.6) is 5.88 Å². The Kier molecular flexibility index (Phi) is 3.57. The minimum atomic E-state index is -3.31. The zero-order chi connectivity index (χ0) is 12.5. The van der Waals surface area contributed by atoms with E-state index in [4.69, 9.17) is 4.74 Å². The van der Waals surface area contributed by atoms with Crippen molar-refractivity contribution >= 4 is 9.84 Å². The molecule has 5 heteroatoms. The number of ether oxygens (including phenoxy) is 1. The second-order valence-corrected chi connectivity index (χ2v) is 6.11. The van der Waals surface area contributed by atoms with Gasteiger partial charge < -0.3 is 4.74 Å². The SMILES string of the molecule is Cc1cc(C)c(S(C)(=O)=O)c(OC(C)C)n1. The van der Waals surface area contributed by atoms with E-state index in [0.29, 0.717) is 5.56 Å². The summed E-state index contributed by atoms with van der Waals surface area (Å²) < 4.78 is 28.7. The Bertz CT molecular complexity index is 492. The van der Waals surface area contributed by atoms with Crippen molar-refractivity contribution in [2.24, 2.45) is 0 Å². The van der Waals surface area contributed by atoms with E-state index in [1.54, 1.807) is 13.0 Å². The van der Waals surface area contributed by atoms with Crippen LogP contribution in [0.2, 0.25) is 0 Å². The lowest BCUT2D eigenvalue weighted by atomic mass is 10.2. The van der Waals surface area contributed by atoms with Crippen LogP contribution in [0.1, 0.15) is 25.1 Å². The lowest BCUT2D eigenvalue weighted by Crippen LogP contribution is -2.13. The van der Waals surface area contributed by atoms with Gasteiger partial charge in [-0.05, 0) is 39.3 Å². The molecule has 16 heavy (non-hydrogen) atoms. The fourth-order valence-electron chi connectivity index (χ4n) is 1.54. The van der Waals surface area contributed by atoms with E-state index in [0.717, 1.165) is 5.69 Å². The molecule has 0 saturated carbocycles. The Hall–Kier alpha value is -1.10. The molecule has 1 aromatic rings. The predicted molar refractivity (Wildman–Crippen MR) is 62.6 cm³/mol. The highest BCUT2D eigenvalue weighted by Crippen LogP contribution is 2.26. The van der Waals surface area contributed by atoms with E-state index in [1.165, 1.54) is 6.26 Å². The maximum absolute atomic E-state index is 11.6. The highest BCUT2D eigenvalue weighted by molar-refractivity contribution is 7.90. The largest absolute Gasteiger partial charge is 0.474 e. The molecular formula is C11H17NO3S. The summed E-state index contributed by atoms with van der Waals surface area (Å²) in [7, 11) is -3.31. The van der Waals surface area contributed by atoms with Crippen LogP contribution in [0.15, 0.2) is 11.0 Å². The molecule has 0 aromatic carbocycles. The number of rotatable bonds is 3. The smallest absolute Gasteiger partial charge is 0.233 e. The van der Waals surface area contributed by atoms with Crippen molar-refractivity contribution < 1.29 is 13.2 Å². The number of sulfone groups is 1. The topological polar surface area (TPSA) is 56.3 Å². The normalized spacial score (nSPS) is 11.9. The minimum Gasteiger partial charge on any atom is -0.474 e. The molecule has 0 saturated heterocycles. The highest BCUT2D eigenvalue weighted by atomic mass is 32.2. The molecule has 0 bridgehead atoms. The zero-order valence-electron chi connectivity index (χ0n) is 10.2. The Morgan fingerprint density at radius 2 is 1.88 bits per heavy atom. The highest BCUT2D eigenvalue weighted by Gasteiger charge is 2.20. The van der Waals surface area contributed by atoms with Crippen molar-refractivity contribution in [2.45, 2.75) is 38.7 Å². The summed E-state index contributed by atoms with van der Waals surface area (Å²) in [6, 6.07) is 1.74. The van der Waals surface area contributed by atoms with E-state index in [-0.39, 0.29) is 16.9 Å². The third-order valence-electron chi connectivity index (χ3n) is 1.97. The van der Waals surface area contributed by atoms with Gasteiger partial charge in [-0.2, -0.15) is 0 Å². The molecule has 0 aliphatic heterocycles. The van der Waals surface area contributed by atoms with Crippen LogP contribution in [-0.4, -0.2) is 25.8 Å². The molecule has 1 heterocycles. The summed E-state index contributed by atoms with van der Waals surface area (Å²) in [6.07, 6.45) is 1.06. The van der Waals surface area contributed by atoms with E-state index in [9.17, 15) is 8.42 Å². The number of pyridine rings is 1. The monoisotopic (exact) mass is 243 g/mol. The summed E-state index contributed by atoms with van der Waals surface area (Å²) in [6.45, 7) is 7.24. The van der Waals surface area contributed by atoms with Crippen LogP contribution < -0.4 is 4.74 Å². The third-order valence-corrected chi connectivity index (χ3v) is 3.21. The van der Waals surface area contributed by atoms with E-state index >= 15 is 0 Å². The molecule has 90 valence electrons. The Labute approximate surface area is 96.6 Å². The van der Waals surface area contributed by atoms with Crippen LogP contribution in [0.4, 0.5) is 0 Å². The maximum atomic E-state index is 11.6. The first-order chi connectivity index (χ1) is 7.21. The van der Waals surface area contributed by atoms with Crippen molar-refractivity contribution in [3.63, 3.8) is 0 Å². The Balaban J connectivity index is 3.45. The summed E-state index contributed by atoms with van der Waals surface area (Å²) in [4.78, 5) is 4.33. The number of hydrogen-bond acceptors (Lipinski definition) is 4. The molecule has 0 aliphatic carbocycles. The number of nitrogens with zero attached hydrogens (tertiary/aromatic N) is 1. The first kappa shape index (κ1) is 13.0. The van der Waals surface area contributed by atoms with E-state index < -0.39 is 9.84 Å². The summed E-state index contributed by atoms with van der Waals surface area (Å²) >= 11 is 0. The van der Waals surface area contributed by atoms with Gasteiger partial charge in [0.05, 0.1) is 6.10 Å². The van der Waals surface area contributed by atoms with Gasteiger partial charge in [0.2, 0.25) is 5.88 Å². The van der Waals surface area contributed by atoms with Crippen molar-refractivity contribution in [3.8, 4) is 5.88 Å². The molecule has 0 aliphatic rings. The molecule has 0 fully saturated rings. The van der Waals surface area contributed by atoms with Gasteiger partial charge in [0.25, 0.3) is 0 Å². The Morgan fingerprint density at radius 3 is 2.31 bits per heavy atom. The van der Waals surface area contributed by atoms with E-state index in [2.05, 4.69) is 4.98 Å².